The zero-order chi connectivity index (χ0) is 11.3. The first-order chi connectivity index (χ1) is 7.13. The zero-order valence-corrected chi connectivity index (χ0v) is 8.84. The largest absolute Gasteiger partial charge is 0.461 e. The van der Waals surface area contributed by atoms with Gasteiger partial charge in [-0.15, -0.1) is 5.73 Å². The lowest BCUT2D eigenvalue weighted by atomic mass is 9.98. The molecule has 0 aromatic carbocycles. The molecule has 0 aromatic rings. The van der Waals surface area contributed by atoms with Crippen LogP contribution in [0.3, 0.4) is 0 Å². The minimum atomic E-state index is -0.343. The molecule has 1 saturated heterocycles. The molecule has 1 amide bonds. The minimum absolute atomic E-state index is 0.0295. The fourth-order valence-corrected chi connectivity index (χ4v) is 1.52. The Morgan fingerprint density at radius 2 is 2.47 bits per heavy atom. The molecule has 0 aliphatic carbocycles. The first-order valence-electron chi connectivity index (χ1n) is 4.95. The van der Waals surface area contributed by atoms with Gasteiger partial charge in [0.2, 0.25) is 5.91 Å². The summed E-state index contributed by atoms with van der Waals surface area (Å²) in [7, 11) is 0. The van der Waals surface area contributed by atoms with Gasteiger partial charge in [0.25, 0.3) is 0 Å². The molecule has 15 heavy (non-hydrogen) atoms. The Labute approximate surface area is 89.0 Å². The van der Waals surface area contributed by atoms with E-state index in [1.807, 2.05) is 0 Å². The Balaban J connectivity index is 2.54. The van der Waals surface area contributed by atoms with Gasteiger partial charge in [-0.2, -0.15) is 0 Å². The number of rotatable bonds is 3. The van der Waals surface area contributed by atoms with Gasteiger partial charge in [-0.05, 0) is 12.8 Å². The second-order valence-corrected chi connectivity index (χ2v) is 3.49. The molecule has 1 aliphatic rings. The molecule has 1 fully saturated rings. The van der Waals surface area contributed by atoms with Crippen molar-refractivity contribution >= 4 is 11.9 Å². The fraction of sp³-hybridized carbons (Fsp3) is 0.545. The van der Waals surface area contributed by atoms with Crippen molar-refractivity contribution in [2.45, 2.75) is 32.2 Å². The number of amides is 1. The second kappa shape index (κ2) is 5.37. The summed E-state index contributed by atoms with van der Waals surface area (Å²) in [5.74, 6) is -0.313. The summed E-state index contributed by atoms with van der Waals surface area (Å²) in [4.78, 5) is 21.8. The van der Waals surface area contributed by atoms with Crippen LogP contribution in [0.4, 0.5) is 0 Å². The molecule has 1 aliphatic heterocycles. The molecule has 0 spiro atoms. The minimum Gasteiger partial charge on any atom is -0.461 e. The molecule has 0 saturated carbocycles. The molecule has 4 nitrogen and oxygen atoms in total. The number of esters is 1. The smallest absolute Gasteiger partial charge is 0.302 e. The molecular weight excluding hydrogens is 194 g/mol. The number of piperidine rings is 1. The molecule has 1 atom stereocenters. The van der Waals surface area contributed by atoms with Crippen LogP contribution in [0.1, 0.15) is 26.2 Å². The summed E-state index contributed by atoms with van der Waals surface area (Å²) in [5, 5.41) is 2.82. The van der Waals surface area contributed by atoms with Crippen molar-refractivity contribution in [3.63, 3.8) is 0 Å². The molecule has 0 radical (unpaired) electrons. The van der Waals surface area contributed by atoms with E-state index in [0.717, 1.165) is 18.4 Å². The first kappa shape index (κ1) is 11.5. The molecule has 82 valence electrons. The van der Waals surface area contributed by atoms with Gasteiger partial charge in [0.05, 0.1) is 6.04 Å². The van der Waals surface area contributed by atoms with E-state index in [1.54, 1.807) is 0 Å². The van der Waals surface area contributed by atoms with Crippen LogP contribution in [0.2, 0.25) is 0 Å². The topological polar surface area (TPSA) is 55.4 Å². The van der Waals surface area contributed by atoms with Crippen molar-refractivity contribution in [2.24, 2.45) is 0 Å². The van der Waals surface area contributed by atoms with Crippen LogP contribution >= 0.6 is 0 Å². The average Bonchev–Trinajstić information content (AvgIpc) is 2.18. The number of carbonyl (C=O) groups excluding carboxylic acids is 2. The van der Waals surface area contributed by atoms with E-state index in [4.69, 9.17) is 4.74 Å². The monoisotopic (exact) mass is 209 g/mol. The molecular formula is C11H15NO3. The third kappa shape index (κ3) is 3.60. The number of ether oxygens (including phenoxy) is 1. The van der Waals surface area contributed by atoms with E-state index in [0.29, 0.717) is 6.42 Å². The fourth-order valence-electron chi connectivity index (χ4n) is 1.52. The summed E-state index contributed by atoms with van der Waals surface area (Å²) in [6, 6.07) is -0.0805. The lowest BCUT2D eigenvalue weighted by Crippen LogP contribution is -2.40. The van der Waals surface area contributed by atoms with Gasteiger partial charge in [0.15, 0.2) is 0 Å². The predicted molar refractivity (Wildman–Crippen MR) is 55.1 cm³/mol. The number of hydrogen-bond donors (Lipinski definition) is 1. The molecule has 4 heteroatoms. The molecule has 0 aromatic heterocycles. The number of carbonyl (C=O) groups is 2. The van der Waals surface area contributed by atoms with Gasteiger partial charge in [-0.1, -0.05) is 6.58 Å². The van der Waals surface area contributed by atoms with E-state index in [9.17, 15) is 9.59 Å². The Hall–Kier alpha value is -1.54. The Morgan fingerprint density at radius 1 is 1.73 bits per heavy atom. The highest BCUT2D eigenvalue weighted by Gasteiger charge is 2.21. The van der Waals surface area contributed by atoms with Gasteiger partial charge in [-0.25, -0.2) is 0 Å². The molecule has 0 bridgehead atoms. The average molecular weight is 209 g/mol. The maximum atomic E-state index is 11.2. The highest BCUT2D eigenvalue weighted by Crippen LogP contribution is 2.14. The van der Waals surface area contributed by atoms with Gasteiger partial charge >= 0.3 is 5.97 Å². The van der Waals surface area contributed by atoms with Crippen molar-refractivity contribution in [3.05, 3.63) is 17.9 Å². The Kier molecular flexibility index (Phi) is 4.13. The normalized spacial score (nSPS) is 20.1. The first-order valence-corrected chi connectivity index (χ1v) is 4.95. The Bertz CT molecular complexity index is 316. The van der Waals surface area contributed by atoms with Crippen molar-refractivity contribution in [2.75, 3.05) is 6.61 Å². The summed E-state index contributed by atoms with van der Waals surface area (Å²) in [6.45, 7) is 5.04. The van der Waals surface area contributed by atoms with Gasteiger partial charge < -0.3 is 10.1 Å². The van der Waals surface area contributed by atoms with Crippen molar-refractivity contribution in [1.29, 1.82) is 0 Å². The molecule has 1 rings (SSSR count). The third-order valence-electron chi connectivity index (χ3n) is 2.31. The quantitative estimate of drug-likeness (QED) is 0.555. The number of nitrogens with one attached hydrogen (secondary N) is 1. The third-order valence-corrected chi connectivity index (χ3v) is 2.31. The lowest BCUT2D eigenvalue weighted by molar-refractivity contribution is -0.140. The maximum absolute atomic E-state index is 11.2. The zero-order valence-electron chi connectivity index (χ0n) is 8.84. The summed E-state index contributed by atoms with van der Waals surface area (Å²) in [5.41, 5.74) is 3.46. The van der Waals surface area contributed by atoms with Crippen molar-refractivity contribution in [3.8, 4) is 0 Å². The van der Waals surface area contributed by atoms with E-state index in [1.165, 1.54) is 6.92 Å². The lowest BCUT2D eigenvalue weighted by Gasteiger charge is -2.24. The predicted octanol–water partition coefficient (Wildman–Crippen LogP) is 0.929. The Morgan fingerprint density at radius 3 is 3.00 bits per heavy atom. The van der Waals surface area contributed by atoms with E-state index in [-0.39, 0.29) is 24.5 Å². The van der Waals surface area contributed by atoms with Gasteiger partial charge in [0, 0.05) is 18.9 Å². The van der Waals surface area contributed by atoms with Crippen molar-refractivity contribution in [1.82, 2.24) is 5.32 Å². The summed E-state index contributed by atoms with van der Waals surface area (Å²) >= 11 is 0. The highest BCUT2D eigenvalue weighted by molar-refractivity contribution is 5.77. The van der Waals surface area contributed by atoms with Crippen LogP contribution in [-0.4, -0.2) is 24.5 Å². The van der Waals surface area contributed by atoms with Crippen LogP contribution < -0.4 is 5.32 Å². The second-order valence-electron chi connectivity index (χ2n) is 3.49. The van der Waals surface area contributed by atoms with Crippen LogP contribution in [0.25, 0.3) is 0 Å². The molecule has 1 N–H and O–H groups in total. The summed E-state index contributed by atoms with van der Waals surface area (Å²) < 4.78 is 4.85. The standard InChI is InChI=1S/C11H15NO3/c1-3-9(7-15-8(2)13)10-5-4-6-11(14)12-10/h10H,1,4-7H2,2H3,(H,12,14)/t10-/m0/s1. The molecule has 0 unspecified atom stereocenters. The van der Waals surface area contributed by atoms with Gasteiger partial charge in [-0.3, -0.25) is 9.59 Å². The van der Waals surface area contributed by atoms with E-state index in [2.05, 4.69) is 17.6 Å². The van der Waals surface area contributed by atoms with E-state index < -0.39 is 0 Å². The highest BCUT2D eigenvalue weighted by atomic mass is 16.5. The van der Waals surface area contributed by atoms with Crippen LogP contribution in [0.5, 0.6) is 0 Å². The molecule has 1 heterocycles. The maximum Gasteiger partial charge on any atom is 0.302 e. The van der Waals surface area contributed by atoms with Crippen molar-refractivity contribution < 1.29 is 14.3 Å². The van der Waals surface area contributed by atoms with Crippen LogP contribution in [0, 0.1) is 0 Å². The summed E-state index contributed by atoms with van der Waals surface area (Å²) in [6.07, 6.45) is 2.26. The SMILES string of the molecule is C=C=C(COC(C)=O)[C@@H]1CCCC(=O)N1. The van der Waals surface area contributed by atoms with Crippen LogP contribution in [0.15, 0.2) is 17.9 Å². The van der Waals surface area contributed by atoms with Gasteiger partial charge in [0.1, 0.15) is 6.61 Å². The van der Waals surface area contributed by atoms with E-state index >= 15 is 0 Å². The number of hydrogen-bond acceptors (Lipinski definition) is 3. The van der Waals surface area contributed by atoms with Crippen LogP contribution in [-0.2, 0) is 14.3 Å².